The fourth-order valence-electron chi connectivity index (χ4n) is 3.14. The molecule has 0 bridgehead atoms. The maximum atomic E-state index is 11.5. The van der Waals surface area contributed by atoms with Gasteiger partial charge in [-0.05, 0) is 24.1 Å². The lowest BCUT2D eigenvalue weighted by atomic mass is 9.88. The van der Waals surface area contributed by atoms with E-state index in [1.165, 1.54) is 7.11 Å². The number of nitrogens with zero attached hydrogens (tertiary/aromatic N) is 1. The maximum absolute atomic E-state index is 11.5. The van der Waals surface area contributed by atoms with Crippen LogP contribution < -0.4 is 10.1 Å². The number of aliphatic hydroxyl groups is 3. The van der Waals surface area contributed by atoms with Gasteiger partial charge >= 0.3 is 0 Å². The molecule has 1 aliphatic rings. The Hall–Kier alpha value is -1.75. The molecule has 0 spiro atoms. The molecule has 1 heterocycles. The fourth-order valence-corrected chi connectivity index (χ4v) is 3.14. The SMILES string of the molecule is COCC(=O)NC[C@]1(O)CCN(Cc2ccc(OCCOCCO)cc2)C[C@H]1O. The van der Waals surface area contributed by atoms with Gasteiger partial charge in [0.05, 0.1) is 25.9 Å². The standard InChI is InChI=1S/C20H32N2O7/c1-27-14-19(25)21-15-20(26)6-7-22(13-18(20)24)12-16-2-4-17(5-3-16)29-11-10-28-9-8-23/h2-5,18,23-24,26H,6-15H2,1H3,(H,21,25)/t18-,20-/m1/s1. The Morgan fingerprint density at radius 2 is 2.03 bits per heavy atom. The van der Waals surface area contributed by atoms with Gasteiger partial charge in [-0.15, -0.1) is 0 Å². The van der Waals surface area contributed by atoms with Crippen molar-refractivity contribution in [1.29, 1.82) is 0 Å². The molecule has 2 atom stereocenters. The third kappa shape index (κ3) is 7.88. The van der Waals surface area contributed by atoms with Gasteiger partial charge < -0.3 is 34.8 Å². The molecule has 2 rings (SSSR count). The Bertz CT molecular complexity index is 613. The van der Waals surface area contributed by atoms with Crippen molar-refractivity contribution in [3.63, 3.8) is 0 Å². The predicted octanol–water partition coefficient (Wildman–Crippen LogP) is -0.865. The lowest BCUT2D eigenvalue weighted by Crippen LogP contribution is -2.60. The Morgan fingerprint density at radius 1 is 1.28 bits per heavy atom. The molecule has 1 aliphatic heterocycles. The van der Waals surface area contributed by atoms with Crippen LogP contribution in [0.2, 0.25) is 0 Å². The topological polar surface area (TPSA) is 121 Å². The number of hydrogen-bond acceptors (Lipinski definition) is 8. The van der Waals surface area contributed by atoms with Crippen molar-refractivity contribution in [2.75, 3.05) is 59.8 Å². The summed E-state index contributed by atoms with van der Waals surface area (Å²) in [4.78, 5) is 13.6. The van der Waals surface area contributed by atoms with E-state index in [4.69, 9.17) is 19.3 Å². The number of aliphatic hydroxyl groups excluding tert-OH is 2. The van der Waals surface area contributed by atoms with Crippen LogP contribution in [0.25, 0.3) is 0 Å². The highest BCUT2D eigenvalue weighted by atomic mass is 16.5. The second kappa shape index (κ2) is 12.1. The highest BCUT2D eigenvalue weighted by Gasteiger charge is 2.40. The van der Waals surface area contributed by atoms with Crippen LogP contribution >= 0.6 is 0 Å². The van der Waals surface area contributed by atoms with Gasteiger partial charge in [0.25, 0.3) is 0 Å². The van der Waals surface area contributed by atoms with Crippen LogP contribution in [0, 0.1) is 0 Å². The number of carbonyl (C=O) groups is 1. The zero-order valence-corrected chi connectivity index (χ0v) is 16.9. The summed E-state index contributed by atoms with van der Waals surface area (Å²) < 4.78 is 15.5. The first kappa shape index (κ1) is 23.5. The molecular weight excluding hydrogens is 380 g/mol. The van der Waals surface area contributed by atoms with E-state index >= 15 is 0 Å². The number of likely N-dealkylation sites (tertiary alicyclic amines) is 1. The third-order valence-corrected chi connectivity index (χ3v) is 4.84. The third-order valence-electron chi connectivity index (χ3n) is 4.84. The highest BCUT2D eigenvalue weighted by Crippen LogP contribution is 2.24. The van der Waals surface area contributed by atoms with Crippen LogP contribution in [0.15, 0.2) is 24.3 Å². The molecule has 9 nitrogen and oxygen atoms in total. The highest BCUT2D eigenvalue weighted by molar-refractivity contribution is 5.77. The number of ether oxygens (including phenoxy) is 3. The molecule has 9 heteroatoms. The largest absolute Gasteiger partial charge is 0.491 e. The minimum absolute atomic E-state index is 0.000249. The van der Waals surface area contributed by atoms with Gasteiger partial charge in [0.15, 0.2) is 0 Å². The summed E-state index contributed by atoms with van der Waals surface area (Å²) >= 11 is 0. The molecular formula is C20H32N2O7. The number of carbonyl (C=O) groups excluding carboxylic acids is 1. The van der Waals surface area contributed by atoms with Gasteiger partial charge in [0.1, 0.15) is 24.6 Å². The zero-order valence-electron chi connectivity index (χ0n) is 16.9. The Kier molecular flexibility index (Phi) is 9.79. The summed E-state index contributed by atoms with van der Waals surface area (Å²) in [6.07, 6.45) is -0.600. The maximum Gasteiger partial charge on any atom is 0.246 e. The first-order chi connectivity index (χ1) is 14.0. The number of rotatable bonds is 12. The molecule has 1 aromatic carbocycles. The van der Waals surface area contributed by atoms with E-state index in [-0.39, 0.29) is 25.7 Å². The van der Waals surface area contributed by atoms with E-state index in [1.54, 1.807) is 0 Å². The molecule has 0 unspecified atom stereocenters. The summed E-state index contributed by atoms with van der Waals surface area (Å²) in [6, 6.07) is 7.68. The fraction of sp³-hybridized carbons (Fsp3) is 0.650. The van der Waals surface area contributed by atoms with Gasteiger partial charge in [-0.1, -0.05) is 12.1 Å². The minimum atomic E-state index is -1.34. The second-order valence-corrected chi connectivity index (χ2v) is 7.14. The van der Waals surface area contributed by atoms with Crippen molar-refractivity contribution >= 4 is 5.91 Å². The van der Waals surface area contributed by atoms with E-state index in [0.29, 0.717) is 45.9 Å². The lowest BCUT2D eigenvalue weighted by Gasteiger charge is -2.42. The average Bonchev–Trinajstić information content (AvgIpc) is 2.71. The van der Waals surface area contributed by atoms with E-state index in [1.807, 2.05) is 24.3 Å². The number of piperidine rings is 1. The molecule has 164 valence electrons. The average molecular weight is 412 g/mol. The van der Waals surface area contributed by atoms with Gasteiger partial charge in [-0.25, -0.2) is 0 Å². The summed E-state index contributed by atoms with van der Waals surface area (Å²) in [7, 11) is 1.42. The van der Waals surface area contributed by atoms with Crippen LogP contribution in [0.5, 0.6) is 5.75 Å². The van der Waals surface area contributed by atoms with Crippen molar-refractivity contribution in [3.05, 3.63) is 29.8 Å². The van der Waals surface area contributed by atoms with Crippen molar-refractivity contribution in [2.45, 2.75) is 24.7 Å². The smallest absolute Gasteiger partial charge is 0.246 e. The van der Waals surface area contributed by atoms with Crippen molar-refractivity contribution in [3.8, 4) is 5.75 Å². The molecule has 1 fully saturated rings. The monoisotopic (exact) mass is 412 g/mol. The quantitative estimate of drug-likeness (QED) is 0.327. The van der Waals surface area contributed by atoms with Gasteiger partial charge in [-0.2, -0.15) is 0 Å². The Balaban J connectivity index is 1.75. The summed E-state index contributed by atoms with van der Waals surface area (Å²) in [5.74, 6) is 0.416. The first-order valence-corrected chi connectivity index (χ1v) is 9.75. The molecule has 1 saturated heterocycles. The molecule has 0 aromatic heterocycles. The summed E-state index contributed by atoms with van der Waals surface area (Å²) in [5.41, 5.74) is -0.268. The van der Waals surface area contributed by atoms with Gasteiger partial charge in [-0.3, -0.25) is 9.69 Å². The summed E-state index contributed by atoms with van der Waals surface area (Å²) in [5, 5.41) is 32.3. The number of amides is 1. The molecule has 1 amide bonds. The molecule has 0 saturated carbocycles. The number of β-amino-alcohol motifs (C(OH)–C–C–N with tert-alkyl or cyclic N) is 1. The molecule has 1 aromatic rings. The number of benzene rings is 1. The number of methoxy groups -OCH3 is 1. The molecule has 0 radical (unpaired) electrons. The van der Waals surface area contributed by atoms with Crippen LogP contribution in [-0.2, 0) is 20.8 Å². The van der Waals surface area contributed by atoms with Crippen LogP contribution in [-0.4, -0.2) is 97.6 Å². The van der Waals surface area contributed by atoms with Crippen LogP contribution in [0.3, 0.4) is 0 Å². The lowest BCUT2D eigenvalue weighted by molar-refractivity contribution is -0.134. The van der Waals surface area contributed by atoms with E-state index in [0.717, 1.165) is 11.3 Å². The Morgan fingerprint density at radius 3 is 2.69 bits per heavy atom. The summed E-state index contributed by atoms with van der Waals surface area (Å²) in [6.45, 7) is 2.62. The molecule has 29 heavy (non-hydrogen) atoms. The second-order valence-electron chi connectivity index (χ2n) is 7.14. The first-order valence-electron chi connectivity index (χ1n) is 9.75. The Labute approximate surface area is 171 Å². The van der Waals surface area contributed by atoms with E-state index in [2.05, 4.69) is 10.2 Å². The van der Waals surface area contributed by atoms with Crippen molar-refractivity contribution < 1.29 is 34.3 Å². The van der Waals surface area contributed by atoms with E-state index in [9.17, 15) is 15.0 Å². The van der Waals surface area contributed by atoms with Crippen molar-refractivity contribution in [2.24, 2.45) is 0 Å². The van der Waals surface area contributed by atoms with Crippen LogP contribution in [0.4, 0.5) is 0 Å². The predicted molar refractivity (Wildman–Crippen MR) is 106 cm³/mol. The number of nitrogens with one attached hydrogen (secondary N) is 1. The van der Waals surface area contributed by atoms with Crippen LogP contribution in [0.1, 0.15) is 12.0 Å². The molecule has 4 N–H and O–H groups in total. The van der Waals surface area contributed by atoms with E-state index < -0.39 is 11.7 Å². The minimum Gasteiger partial charge on any atom is -0.491 e. The van der Waals surface area contributed by atoms with Gasteiger partial charge in [0, 0.05) is 33.3 Å². The normalized spacial score (nSPS) is 22.4. The number of hydrogen-bond donors (Lipinski definition) is 4. The van der Waals surface area contributed by atoms with Crippen molar-refractivity contribution in [1.82, 2.24) is 10.2 Å². The zero-order chi connectivity index (χ0) is 21.1. The van der Waals surface area contributed by atoms with Gasteiger partial charge in [0.2, 0.25) is 5.91 Å². The molecule has 0 aliphatic carbocycles.